The van der Waals surface area contributed by atoms with E-state index in [-0.39, 0.29) is 17.1 Å². The summed E-state index contributed by atoms with van der Waals surface area (Å²) in [5.41, 5.74) is 0. The number of nitrogens with one attached hydrogen (secondary N) is 3. The summed E-state index contributed by atoms with van der Waals surface area (Å²) in [5, 5.41) is 0. The first-order chi connectivity index (χ1) is 7.50. The molecule has 0 aliphatic heterocycles. The fraction of sp³-hybridized carbons (Fsp3) is 0. The fourth-order valence-corrected chi connectivity index (χ4v) is 0.645. The first kappa shape index (κ1) is 14.1. The summed E-state index contributed by atoms with van der Waals surface area (Å²) < 4.78 is 0. The maximum Gasteiger partial charge on any atom is 1.00 e. The minimum Gasteiger partial charge on any atom is -0.351 e. The SMILES string of the molecule is [Cu+].c1c[nH]cn1.c1c[nH]cn1.c1c[nH]cn1. The molecule has 6 nitrogen and oxygen atoms in total. The van der Waals surface area contributed by atoms with Crippen LogP contribution in [0.25, 0.3) is 0 Å². The Morgan fingerprint density at radius 1 is 0.562 bits per heavy atom. The van der Waals surface area contributed by atoms with Gasteiger partial charge in [-0.05, 0) is 0 Å². The zero-order valence-electron chi connectivity index (χ0n) is 8.34. The van der Waals surface area contributed by atoms with Crippen LogP contribution >= 0.6 is 0 Å². The molecular formula is C9H12CuN6+. The van der Waals surface area contributed by atoms with E-state index in [0.717, 1.165) is 0 Å². The van der Waals surface area contributed by atoms with Gasteiger partial charge in [-0.2, -0.15) is 0 Å². The van der Waals surface area contributed by atoms with Crippen LogP contribution in [0.2, 0.25) is 0 Å². The van der Waals surface area contributed by atoms with Crippen LogP contribution in [0.15, 0.2) is 56.2 Å². The monoisotopic (exact) mass is 267 g/mol. The van der Waals surface area contributed by atoms with Crippen LogP contribution < -0.4 is 0 Å². The third-order valence-corrected chi connectivity index (χ3v) is 1.22. The van der Waals surface area contributed by atoms with Crippen molar-refractivity contribution >= 4 is 0 Å². The van der Waals surface area contributed by atoms with Gasteiger partial charge in [-0.3, -0.25) is 0 Å². The summed E-state index contributed by atoms with van der Waals surface area (Å²) >= 11 is 0. The quantitative estimate of drug-likeness (QED) is 0.536. The molecule has 16 heavy (non-hydrogen) atoms. The zero-order valence-corrected chi connectivity index (χ0v) is 9.28. The van der Waals surface area contributed by atoms with E-state index in [4.69, 9.17) is 0 Å². The molecule has 3 aromatic heterocycles. The minimum atomic E-state index is 0. The smallest absolute Gasteiger partial charge is 0.351 e. The Balaban J connectivity index is 0.000000205. The number of H-pyrrole nitrogens is 3. The van der Waals surface area contributed by atoms with Gasteiger partial charge in [0.15, 0.2) is 0 Å². The van der Waals surface area contributed by atoms with Crippen LogP contribution in [0.1, 0.15) is 0 Å². The molecule has 0 aromatic carbocycles. The summed E-state index contributed by atoms with van der Waals surface area (Å²) in [5.74, 6) is 0. The molecule has 3 heterocycles. The topological polar surface area (TPSA) is 86.0 Å². The normalized spacial score (nSPS) is 7.50. The van der Waals surface area contributed by atoms with Gasteiger partial charge < -0.3 is 15.0 Å². The second kappa shape index (κ2) is 11.2. The van der Waals surface area contributed by atoms with E-state index in [1.54, 1.807) is 56.2 Å². The predicted molar refractivity (Wildman–Crippen MR) is 55.8 cm³/mol. The predicted octanol–water partition coefficient (Wildman–Crippen LogP) is 1.23. The number of rotatable bonds is 0. The van der Waals surface area contributed by atoms with Gasteiger partial charge in [0, 0.05) is 37.2 Å². The van der Waals surface area contributed by atoms with Crippen molar-refractivity contribution in [2.45, 2.75) is 0 Å². The number of hydrogen-bond donors (Lipinski definition) is 3. The average Bonchev–Trinajstić information content (AvgIpc) is 3.09. The van der Waals surface area contributed by atoms with Gasteiger partial charge >= 0.3 is 17.1 Å². The van der Waals surface area contributed by atoms with Crippen molar-refractivity contribution in [3.8, 4) is 0 Å². The summed E-state index contributed by atoms with van der Waals surface area (Å²) in [7, 11) is 0. The van der Waals surface area contributed by atoms with Crippen molar-refractivity contribution in [3.05, 3.63) is 56.2 Å². The Morgan fingerprint density at radius 3 is 0.938 bits per heavy atom. The molecule has 7 heteroatoms. The number of hydrogen-bond acceptors (Lipinski definition) is 3. The molecule has 3 rings (SSSR count). The first-order valence-corrected chi connectivity index (χ1v) is 4.28. The van der Waals surface area contributed by atoms with Gasteiger partial charge in [-0.15, -0.1) is 0 Å². The average molecular weight is 268 g/mol. The molecule has 0 atom stereocenters. The molecule has 0 saturated carbocycles. The Morgan fingerprint density at radius 2 is 0.875 bits per heavy atom. The standard InChI is InChI=1S/3C3H4N2.Cu/c3*1-2-5-3-4-1;/h3*1-3H,(H,4,5);/q;;;+1. The molecule has 0 aliphatic rings. The molecular weight excluding hydrogens is 256 g/mol. The molecule has 0 aliphatic carbocycles. The van der Waals surface area contributed by atoms with E-state index in [0.29, 0.717) is 0 Å². The summed E-state index contributed by atoms with van der Waals surface area (Å²) in [4.78, 5) is 19.2. The molecule has 0 unspecified atom stereocenters. The van der Waals surface area contributed by atoms with Crippen molar-refractivity contribution < 1.29 is 17.1 Å². The van der Waals surface area contributed by atoms with E-state index >= 15 is 0 Å². The Bertz CT molecular complexity index is 252. The second-order valence-electron chi connectivity index (χ2n) is 2.28. The van der Waals surface area contributed by atoms with E-state index in [1.165, 1.54) is 0 Å². The van der Waals surface area contributed by atoms with E-state index < -0.39 is 0 Å². The summed E-state index contributed by atoms with van der Waals surface area (Å²) in [6, 6.07) is 0. The van der Waals surface area contributed by atoms with Crippen LogP contribution in [0.3, 0.4) is 0 Å². The van der Waals surface area contributed by atoms with Crippen molar-refractivity contribution in [1.82, 2.24) is 29.9 Å². The van der Waals surface area contributed by atoms with Crippen molar-refractivity contribution in [3.63, 3.8) is 0 Å². The fourth-order valence-electron chi connectivity index (χ4n) is 0.645. The van der Waals surface area contributed by atoms with Crippen molar-refractivity contribution in [1.29, 1.82) is 0 Å². The number of nitrogens with zero attached hydrogens (tertiary/aromatic N) is 3. The Kier molecular flexibility index (Phi) is 9.93. The molecule has 0 bridgehead atoms. The maximum atomic E-state index is 3.67. The minimum absolute atomic E-state index is 0. The Labute approximate surface area is 103 Å². The number of imidazole rings is 3. The van der Waals surface area contributed by atoms with Gasteiger partial charge in [0.2, 0.25) is 0 Å². The molecule has 0 amide bonds. The number of aromatic amines is 3. The van der Waals surface area contributed by atoms with Crippen LogP contribution in [0, 0.1) is 0 Å². The molecule has 0 fully saturated rings. The van der Waals surface area contributed by atoms with Crippen molar-refractivity contribution in [2.24, 2.45) is 0 Å². The molecule has 3 aromatic rings. The van der Waals surface area contributed by atoms with Gasteiger partial charge in [0.05, 0.1) is 19.0 Å². The van der Waals surface area contributed by atoms with Crippen LogP contribution in [-0.2, 0) is 17.1 Å². The molecule has 0 saturated heterocycles. The molecule has 88 valence electrons. The third kappa shape index (κ3) is 8.73. The van der Waals surface area contributed by atoms with E-state index in [9.17, 15) is 0 Å². The largest absolute Gasteiger partial charge is 1.00 e. The molecule has 0 spiro atoms. The van der Waals surface area contributed by atoms with Crippen LogP contribution in [-0.4, -0.2) is 29.9 Å². The zero-order chi connectivity index (χ0) is 10.6. The van der Waals surface area contributed by atoms with E-state index in [1.807, 2.05) is 0 Å². The van der Waals surface area contributed by atoms with Gasteiger partial charge in [0.25, 0.3) is 0 Å². The third-order valence-electron chi connectivity index (χ3n) is 1.22. The number of aromatic nitrogens is 6. The van der Waals surface area contributed by atoms with Gasteiger partial charge in [0.1, 0.15) is 0 Å². The van der Waals surface area contributed by atoms with Crippen LogP contribution in [0.4, 0.5) is 0 Å². The van der Waals surface area contributed by atoms with E-state index in [2.05, 4.69) is 29.9 Å². The van der Waals surface area contributed by atoms with Crippen LogP contribution in [0.5, 0.6) is 0 Å². The second-order valence-corrected chi connectivity index (χ2v) is 2.28. The Hall–Kier alpha value is -1.85. The van der Waals surface area contributed by atoms with Gasteiger partial charge in [-0.1, -0.05) is 0 Å². The summed E-state index contributed by atoms with van der Waals surface area (Å²) in [6.07, 6.45) is 15.2. The van der Waals surface area contributed by atoms with Crippen molar-refractivity contribution in [2.75, 3.05) is 0 Å². The van der Waals surface area contributed by atoms with Gasteiger partial charge in [-0.25, -0.2) is 15.0 Å². The first-order valence-electron chi connectivity index (χ1n) is 4.28. The molecule has 3 N–H and O–H groups in total. The molecule has 0 radical (unpaired) electrons. The summed E-state index contributed by atoms with van der Waals surface area (Å²) in [6.45, 7) is 0. The maximum absolute atomic E-state index is 3.67.